The van der Waals surface area contributed by atoms with Crippen molar-refractivity contribution in [2.24, 2.45) is 0 Å². The van der Waals surface area contributed by atoms with Crippen LogP contribution in [0.2, 0.25) is 0 Å². The fraction of sp³-hybridized carbons (Fsp3) is 0.562. The molecule has 112 valence electrons. The van der Waals surface area contributed by atoms with Crippen molar-refractivity contribution in [3.63, 3.8) is 0 Å². The minimum Gasteiger partial charge on any atom is -0.384 e. The molecule has 0 bridgehead atoms. The summed E-state index contributed by atoms with van der Waals surface area (Å²) in [6.45, 7) is 5.77. The van der Waals surface area contributed by atoms with Crippen LogP contribution >= 0.6 is 11.8 Å². The average Bonchev–Trinajstić information content (AvgIpc) is 2.45. The van der Waals surface area contributed by atoms with Crippen LogP contribution in [0.15, 0.2) is 18.2 Å². The number of carbonyl (C=O) groups is 1. The Labute approximate surface area is 126 Å². The van der Waals surface area contributed by atoms with Gasteiger partial charge in [0.15, 0.2) is 0 Å². The molecule has 0 saturated heterocycles. The van der Waals surface area contributed by atoms with Gasteiger partial charge in [-0.2, -0.15) is 11.8 Å². The maximum absolute atomic E-state index is 12.3. The lowest BCUT2D eigenvalue weighted by Crippen LogP contribution is -2.25. The van der Waals surface area contributed by atoms with Gasteiger partial charge in [-0.05, 0) is 50.3 Å². The minimum atomic E-state index is 0.0245. The Hall–Kier alpha value is -1.16. The van der Waals surface area contributed by atoms with E-state index in [9.17, 15) is 4.79 Å². The van der Waals surface area contributed by atoms with E-state index in [2.05, 4.69) is 23.8 Å². The van der Waals surface area contributed by atoms with Crippen molar-refractivity contribution in [3.05, 3.63) is 29.3 Å². The lowest BCUT2D eigenvalue weighted by Gasteiger charge is -2.12. The number of rotatable bonds is 9. The van der Waals surface area contributed by atoms with E-state index in [0.717, 1.165) is 54.9 Å². The van der Waals surface area contributed by atoms with Gasteiger partial charge in [0.05, 0.1) is 5.56 Å². The number of carbonyl (C=O) groups excluding carboxylic acids is 1. The highest BCUT2D eigenvalue weighted by atomic mass is 32.2. The zero-order valence-corrected chi connectivity index (χ0v) is 13.6. The topological polar surface area (TPSA) is 41.1 Å². The third-order valence-corrected chi connectivity index (χ3v) is 3.74. The summed E-state index contributed by atoms with van der Waals surface area (Å²) in [5.74, 6) is 1.18. The second kappa shape index (κ2) is 9.70. The zero-order chi connectivity index (χ0) is 14.8. The molecule has 0 aromatic heterocycles. The number of benzene rings is 1. The fourth-order valence-corrected chi connectivity index (χ4v) is 2.42. The molecule has 0 aliphatic heterocycles. The van der Waals surface area contributed by atoms with E-state index in [1.807, 2.05) is 36.9 Å². The van der Waals surface area contributed by atoms with Crippen LogP contribution in [0.1, 0.15) is 42.1 Å². The number of aryl methyl sites for hydroxylation is 1. The first-order valence-corrected chi connectivity index (χ1v) is 8.70. The number of unbranched alkanes of at least 4 members (excludes halogenated alkanes) is 1. The Morgan fingerprint density at radius 3 is 2.75 bits per heavy atom. The highest BCUT2D eigenvalue weighted by Crippen LogP contribution is 2.17. The van der Waals surface area contributed by atoms with Crippen LogP contribution in [0, 0.1) is 6.92 Å². The third kappa shape index (κ3) is 5.87. The van der Waals surface area contributed by atoms with Crippen molar-refractivity contribution >= 4 is 23.4 Å². The quantitative estimate of drug-likeness (QED) is 0.682. The minimum absolute atomic E-state index is 0.0245. The summed E-state index contributed by atoms with van der Waals surface area (Å²) >= 11 is 1.85. The monoisotopic (exact) mass is 294 g/mol. The Morgan fingerprint density at radius 2 is 2.05 bits per heavy atom. The number of anilines is 1. The second-order valence-electron chi connectivity index (χ2n) is 4.93. The third-order valence-electron chi connectivity index (χ3n) is 3.05. The first kappa shape index (κ1) is 16.9. The van der Waals surface area contributed by atoms with E-state index in [0.29, 0.717) is 0 Å². The first-order valence-electron chi connectivity index (χ1n) is 7.30. The van der Waals surface area contributed by atoms with Gasteiger partial charge in [-0.1, -0.05) is 18.6 Å². The molecular formula is C16H26N2OS. The van der Waals surface area contributed by atoms with E-state index in [-0.39, 0.29) is 5.91 Å². The number of hydrogen-bond donors (Lipinski definition) is 2. The largest absolute Gasteiger partial charge is 0.384 e. The average molecular weight is 294 g/mol. The molecule has 20 heavy (non-hydrogen) atoms. The van der Waals surface area contributed by atoms with Crippen LogP contribution in [-0.2, 0) is 0 Å². The van der Waals surface area contributed by atoms with E-state index in [4.69, 9.17) is 0 Å². The summed E-state index contributed by atoms with van der Waals surface area (Å²) in [5.41, 5.74) is 2.79. The first-order chi connectivity index (χ1) is 9.69. The standard InChI is InChI=1S/C16H26N2OS/c1-4-9-17-15-8-7-13(2)12-14(15)16(19)18-10-5-6-11-20-3/h7-8,12,17H,4-6,9-11H2,1-3H3,(H,18,19). The number of amides is 1. The fourth-order valence-electron chi connectivity index (χ4n) is 1.93. The molecular weight excluding hydrogens is 268 g/mol. The van der Waals surface area contributed by atoms with Crippen molar-refractivity contribution in [1.29, 1.82) is 0 Å². The van der Waals surface area contributed by atoms with Crippen molar-refractivity contribution in [2.45, 2.75) is 33.1 Å². The SMILES string of the molecule is CCCNc1ccc(C)cc1C(=O)NCCCCSC. The van der Waals surface area contributed by atoms with E-state index in [1.54, 1.807) is 0 Å². The maximum Gasteiger partial charge on any atom is 0.253 e. The Bertz CT molecular complexity index is 421. The number of hydrogen-bond acceptors (Lipinski definition) is 3. The predicted molar refractivity (Wildman–Crippen MR) is 89.9 cm³/mol. The molecule has 1 amide bonds. The molecule has 1 rings (SSSR count). The van der Waals surface area contributed by atoms with Crippen molar-refractivity contribution in [2.75, 3.05) is 30.4 Å². The number of nitrogens with one attached hydrogen (secondary N) is 2. The predicted octanol–water partition coefficient (Wildman–Crippen LogP) is 3.69. The summed E-state index contributed by atoms with van der Waals surface area (Å²) in [6, 6.07) is 5.98. The summed E-state index contributed by atoms with van der Waals surface area (Å²) in [4.78, 5) is 12.3. The molecule has 4 heteroatoms. The normalized spacial score (nSPS) is 10.3. The van der Waals surface area contributed by atoms with Gasteiger partial charge in [0, 0.05) is 18.8 Å². The van der Waals surface area contributed by atoms with Gasteiger partial charge in [0.1, 0.15) is 0 Å². The van der Waals surface area contributed by atoms with Crippen LogP contribution < -0.4 is 10.6 Å². The van der Waals surface area contributed by atoms with Gasteiger partial charge in [-0.15, -0.1) is 0 Å². The van der Waals surface area contributed by atoms with Gasteiger partial charge in [-0.25, -0.2) is 0 Å². The molecule has 1 aromatic rings. The zero-order valence-electron chi connectivity index (χ0n) is 12.8. The van der Waals surface area contributed by atoms with Crippen LogP contribution in [0.5, 0.6) is 0 Å². The Morgan fingerprint density at radius 1 is 1.25 bits per heavy atom. The number of thioether (sulfide) groups is 1. The van der Waals surface area contributed by atoms with Crippen LogP contribution in [0.25, 0.3) is 0 Å². The van der Waals surface area contributed by atoms with Gasteiger partial charge >= 0.3 is 0 Å². The summed E-state index contributed by atoms with van der Waals surface area (Å²) in [6.07, 6.45) is 5.34. The lowest BCUT2D eigenvalue weighted by molar-refractivity contribution is 0.0954. The smallest absolute Gasteiger partial charge is 0.253 e. The molecule has 0 atom stereocenters. The molecule has 0 saturated carbocycles. The lowest BCUT2D eigenvalue weighted by atomic mass is 10.1. The summed E-state index contributed by atoms with van der Waals surface area (Å²) < 4.78 is 0. The van der Waals surface area contributed by atoms with Gasteiger partial charge in [0.25, 0.3) is 5.91 Å². The summed E-state index contributed by atoms with van der Waals surface area (Å²) in [5, 5.41) is 6.33. The maximum atomic E-state index is 12.3. The van der Waals surface area contributed by atoms with E-state index < -0.39 is 0 Å². The molecule has 0 spiro atoms. The van der Waals surface area contributed by atoms with E-state index >= 15 is 0 Å². The van der Waals surface area contributed by atoms with Crippen LogP contribution in [0.4, 0.5) is 5.69 Å². The van der Waals surface area contributed by atoms with Gasteiger partial charge in [-0.3, -0.25) is 4.79 Å². The van der Waals surface area contributed by atoms with Crippen molar-refractivity contribution < 1.29 is 4.79 Å². The summed E-state index contributed by atoms with van der Waals surface area (Å²) in [7, 11) is 0. The molecule has 2 N–H and O–H groups in total. The van der Waals surface area contributed by atoms with Crippen molar-refractivity contribution in [3.8, 4) is 0 Å². The molecule has 0 heterocycles. The molecule has 0 radical (unpaired) electrons. The molecule has 1 aromatic carbocycles. The molecule has 0 aliphatic carbocycles. The van der Waals surface area contributed by atoms with Crippen LogP contribution in [0.3, 0.4) is 0 Å². The second-order valence-corrected chi connectivity index (χ2v) is 5.92. The van der Waals surface area contributed by atoms with Gasteiger partial charge < -0.3 is 10.6 Å². The highest BCUT2D eigenvalue weighted by Gasteiger charge is 2.10. The van der Waals surface area contributed by atoms with E-state index in [1.165, 1.54) is 0 Å². The molecule has 0 aliphatic rings. The Kier molecular flexibility index (Phi) is 8.19. The Balaban J connectivity index is 2.58. The molecule has 0 fully saturated rings. The van der Waals surface area contributed by atoms with Crippen molar-refractivity contribution in [1.82, 2.24) is 5.32 Å². The van der Waals surface area contributed by atoms with Gasteiger partial charge in [0.2, 0.25) is 0 Å². The molecule has 3 nitrogen and oxygen atoms in total. The molecule has 0 unspecified atom stereocenters. The highest BCUT2D eigenvalue weighted by molar-refractivity contribution is 7.98. The van der Waals surface area contributed by atoms with Crippen LogP contribution in [-0.4, -0.2) is 31.0 Å².